The van der Waals surface area contributed by atoms with E-state index in [9.17, 15) is 4.39 Å². The van der Waals surface area contributed by atoms with E-state index >= 15 is 0 Å². The smallest absolute Gasteiger partial charge is 0.196 e. The number of hydrogen-bond acceptors (Lipinski definition) is 6. The summed E-state index contributed by atoms with van der Waals surface area (Å²) in [6.07, 6.45) is 0. The molecule has 0 saturated carbocycles. The van der Waals surface area contributed by atoms with E-state index in [1.54, 1.807) is 25.3 Å². The zero-order valence-electron chi connectivity index (χ0n) is 17.5. The molecule has 4 rings (SSSR count). The van der Waals surface area contributed by atoms with Gasteiger partial charge in [-0.15, -0.1) is 10.2 Å². The fraction of sp³-hybridized carbons (Fsp3) is 0.167. The van der Waals surface area contributed by atoms with E-state index in [4.69, 9.17) is 14.2 Å². The summed E-state index contributed by atoms with van der Waals surface area (Å²) >= 11 is 1.48. The van der Waals surface area contributed by atoms with E-state index in [0.29, 0.717) is 29.1 Å². The molecular formula is C24H22FN3O3S. The number of nitrogens with zero attached hydrogens (tertiary/aromatic N) is 3. The van der Waals surface area contributed by atoms with Gasteiger partial charge in [-0.2, -0.15) is 0 Å². The van der Waals surface area contributed by atoms with Crippen molar-refractivity contribution in [3.8, 4) is 22.9 Å². The molecule has 0 bridgehead atoms. The van der Waals surface area contributed by atoms with Crippen molar-refractivity contribution in [2.75, 3.05) is 19.5 Å². The van der Waals surface area contributed by atoms with E-state index in [2.05, 4.69) is 10.2 Å². The van der Waals surface area contributed by atoms with Crippen LogP contribution < -0.4 is 14.2 Å². The van der Waals surface area contributed by atoms with Crippen molar-refractivity contribution in [2.24, 2.45) is 0 Å². The summed E-state index contributed by atoms with van der Waals surface area (Å²) in [5.74, 6) is 2.60. The van der Waals surface area contributed by atoms with Crippen molar-refractivity contribution < 1.29 is 18.6 Å². The molecule has 0 saturated heterocycles. The third-order valence-electron chi connectivity index (χ3n) is 4.55. The third-order valence-corrected chi connectivity index (χ3v) is 5.44. The maximum atomic E-state index is 13.7. The first kappa shape index (κ1) is 21.7. The van der Waals surface area contributed by atoms with Gasteiger partial charge in [-0.25, -0.2) is 4.39 Å². The van der Waals surface area contributed by atoms with Gasteiger partial charge in [0.05, 0.1) is 13.7 Å². The monoisotopic (exact) mass is 451 g/mol. The molecule has 0 unspecified atom stereocenters. The lowest BCUT2D eigenvalue weighted by molar-refractivity contribution is 0.292. The van der Waals surface area contributed by atoms with Crippen LogP contribution >= 0.6 is 11.8 Å². The van der Waals surface area contributed by atoms with Crippen LogP contribution in [0.5, 0.6) is 17.2 Å². The molecule has 3 aromatic carbocycles. The van der Waals surface area contributed by atoms with Gasteiger partial charge in [0.15, 0.2) is 22.5 Å². The molecule has 0 aliphatic heterocycles. The van der Waals surface area contributed by atoms with Gasteiger partial charge in [-0.3, -0.25) is 4.57 Å². The molecule has 0 spiro atoms. The molecule has 32 heavy (non-hydrogen) atoms. The van der Waals surface area contributed by atoms with Crippen LogP contribution in [0.1, 0.15) is 5.82 Å². The average Bonchev–Trinajstić information content (AvgIpc) is 3.25. The molecular weight excluding hydrogens is 429 g/mol. The fourth-order valence-corrected chi connectivity index (χ4v) is 3.78. The van der Waals surface area contributed by atoms with Crippen LogP contribution in [0.25, 0.3) is 5.69 Å². The van der Waals surface area contributed by atoms with Crippen LogP contribution in [0.15, 0.2) is 84.0 Å². The zero-order chi connectivity index (χ0) is 22.2. The van der Waals surface area contributed by atoms with Crippen LogP contribution in [0.4, 0.5) is 4.39 Å². The second-order valence-corrected chi connectivity index (χ2v) is 7.72. The van der Waals surface area contributed by atoms with E-state index in [1.165, 1.54) is 17.8 Å². The van der Waals surface area contributed by atoms with Crippen LogP contribution in [-0.2, 0) is 6.61 Å². The topological polar surface area (TPSA) is 58.4 Å². The molecule has 164 valence electrons. The Morgan fingerprint density at radius 1 is 0.844 bits per heavy atom. The minimum absolute atomic E-state index is 0.242. The predicted molar refractivity (Wildman–Crippen MR) is 121 cm³/mol. The lowest BCUT2D eigenvalue weighted by atomic mass is 10.3. The molecule has 0 radical (unpaired) electrons. The summed E-state index contributed by atoms with van der Waals surface area (Å²) in [7, 11) is 1.62. The van der Waals surface area contributed by atoms with E-state index < -0.39 is 0 Å². The first-order chi connectivity index (χ1) is 15.7. The van der Waals surface area contributed by atoms with Crippen molar-refractivity contribution in [3.63, 3.8) is 0 Å². The highest BCUT2D eigenvalue weighted by Gasteiger charge is 2.15. The average molecular weight is 452 g/mol. The van der Waals surface area contributed by atoms with Crippen molar-refractivity contribution in [2.45, 2.75) is 11.8 Å². The normalized spacial score (nSPS) is 10.7. The van der Waals surface area contributed by atoms with Crippen LogP contribution in [-0.4, -0.2) is 34.2 Å². The molecule has 0 fully saturated rings. The Balaban J connectivity index is 1.44. The number of thioether (sulfide) groups is 1. The third kappa shape index (κ3) is 5.39. The molecule has 8 heteroatoms. The number of benzene rings is 3. The molecule has 6 nitrogen and oxygen atoms in total. The standard InChI is InChI=1S/C24H22FN3O3S/c1-29-19-11-13-20(14-12-19)31-17-23-26-27-24(28(23)18-7-3-2-4-8-18)32-16-15-30-22-10-6-5-9-21(22)25/h2-14H,15-17H2,1H3. The van der Waals surface area contributed by atoms with Gasteiger partial charge in [0, 0.05) is 11.4 Å². The van der Waals surface area contributed by atoms with Crippen molar-refractivity contribution in [1.82, 2.24) is 14.8 Å². The number of hydrogen-bond donors (Lipinski definition) is 0. The maximum Gasteiger partial charge on any atom is 0.196 e. The van der Waals surface area contributed by atoms with Gasteiger partial charge in [0.1, 0.15) is 18.1 Å². The highest BCUT2D eigenvalue weighted by Crippen LogP contribution is 2.24. The van der Waals surface area contributed by atoms with Crippen molar-refractivity contribution in [3.05, 3.63) is 90.5 Å². The van der Waals surface area contributed by atoms with Crippen LogP contribution in [0.3, 0.4) is 0 Å². The van der Waals surface area contributed by atoms with E-state index in [0.717, 1.165) is 11.4 Å². The molecule has 0 atom stereocenters. The summed E-state index contributed by atoms with van der Waals surface area (Å²) < 4.78 is 32.3. The first-order valence-corrected chi connectivity index (χ1v) is 11.0. The van der Waals surface area contributed by atoms with Crippen molar-refractivity contribution >= 4 is 11.8 Å². The Morgan fingerprint density at radius 3 is 2.31 bits per heavy atom. The van der Waals surface area contributed by atoms with Gasteiger partial charge in [0.25, 0.3) is 0 Å². The highest BCUT2D eigenvalue weighted by atomic mass is 32.2. The molecule has 1 aromatic heterocycles. The molecule has 0 N–H and O–H groups in total. The van der Waals surface area contributed by atoms with Crippen molar-refractivity contribution in [1.29, 1.82) is 0 Å². The van der Waals surface area contributed by atoms with E-state index in [1.807, 2.05) is 59.2 Å². The second-order valence-electron chi connectivity index (χ2n) is 6.66. The summed E-state index contributed by atoms with van der Waals surface area (Å²) in [6, 6.07) is 23.6. The van der Waals surface area contributed by atoms with Gasteiger partial charge in [-0.05, 0) is 48.5 Å². The maximum absolute atomic E-state index is 13.7. The summed E-state index contributed by atoms with van der Waals surface area (Å²) in [4.78, 5) is 0. The number of methoxy groups -OCH3 is 1. The number of halogens is 1. The van der Waals surface area contributed by atoms with Crippen LogP contribution in [0.2, 0.25) is 0 Å². The Kier molecular flexibility index (Phi) is 7.24. The molecule has 1 heterocycles. The molecule has 0 aliphatic carbocycles. The fourth-order valence-electron chi connectivity index (χ4n) is 2.99. The van der Waals surface area contributed by atoms with E-state index in [-0.39, 0.29) is 18.2 Å². The zero-order valence-corrected chi connectivity index (χ0v) is 18.3. The second kappa shape index (κ2) is 10.7. The molecule has 4 aromatic rings. The Bertz CT molecular complexity index is 1140. The summed E-state index contributed by atoms with van der Waals surface area (Å²) in [6.45, 7) is 0.589. The van der Waals surface area contributed by atoms with Gasteiger partial charge < -0.3 is 14.2 Å². The first-order valence-electron chi connectivity index (χ1n) is 10.0. The quantitative estimate of drug-likeness (QED) is 0.245. The minimum Gasteiger partial charge on any atom is -0.497 e. The lowest BCUT2D eigenvalue weighted by Crippen LogP contribution is -2.07. The number of aromatic nitrogens is 3. The predicted octanol–water partition coefficient (Wildman–Crippen LogP) is 5.17. The Morgan fingerprint density at radius 2 is 1.56 bits per heavy atom. The molecule has 0 amide bonds. The largest absolute Gasteiger partial charge is 0.497 e. The number of para-hydroxylation sites is 2. The Labute approximate surface area is 190 Å². The van der Waals surface area contributed by atoms with Gasteiger partial charge in [0.2, 0.25) is 0 Å². The Hall–Kier alpha value is -3.52. The SMILES string of the molecule is COc1ccc(OCc2nnc(SCCOc3ccccc3F)n2-c2ccccc2)cc1. The molecule has 0 aliphatic rings. The summed E-state index contributed by atoms with van der Waals surface area (Å²) in [5.41, 5.74) is 0.934. The van der Waals surface area contributed by atoms with Gasteiger partial charge >= 0.3 is 0 Å². The van der Waals surface area contributed by atoms with Crippen LogP contribution in [0, 0.1) is 5.82 Å². The highest BCUT2D eigenvalue weighted by molar-refractivity contribution is 7.99. The number of ether oxygens (including phenoxy) is 3. The minimum atomic E-state index is -0.372. The lowest BCUT2D eigenvalue weighted by Gasteiger charge is -2.12. The van der Waals surface area contributed by atoms with Gasteiger partial charge in [-0.1, -0.05) is 42.1 Å². The number of rotatable bonds is 10. The summed E-state index contributed by atoms with van der Waals surface area (Å²) in [5, 5.41) is 9.38.